The van der Waals surface area contributed by atoms with Crippen molar-refractivity contribution in [3.05, 3.63) is 90.4 Å². The number of methoxy groups -OCH3 is 1. The zero-order valence-electron chi connectivity index (χ0n) is 25.6. The van der Waals surface area contributed by atoms with Gasteiger partial charge in [0.2, 0.25) is 5.91 Å². The summed E-state index contributed by atoms with van der Waals surface area (Å²) < 4.78 is 25.8. The molecular formula is C34H35FN8O3. The Kier molecular flexibility index (Phi) is 8.08. The van der Waals surface area contributed by atoms with Crippen LogP contribution in [0.15, 0.2) is 73.3 Å². The maximum absolute atomic E-state index is 16.6. The predicted molar refractivity (Wildman–Crippen MR) is 170 cm³/mol. The minimum Gasteiger partial charge on any atom is -0.496 e. The third kappa shape index (κ3) is 5.66. The van der Waals surface area contributed by atoms with E-state index < -0.39 is 5.82 Å². The molecule has 1 fully saturated rings. The first-order chi connectivity index (χ1) is 22.5. The molecule has 11 nitrogen and oxygen atoms in total. The largest absolute Gasteiger partial charge is 0.496 e. The molecule has 0 unspecified atom stereocenters. The molecule has 3 aromatic heterocycles. The number of benzene rings is 2. The van der Waals surface area contributed by atoms with E-state index in [0.717, 1.165) is 29.5 Å². The summed E-state index contributed by atoms with van der Waals surface area (Å²) in [5, 5.41) is 12.7. The molecule has 0 bridgehead atoms. The van der Waals surface area contributed by atoms with Crippen LogP contribution in [0.1, 0.15) is 47.8 Å². The van der Waals surface area contributed by atoms with Crippen LogP contribution in [-0.2, 0) is 11.3 Å². The fraction of sp³-hybridized carbons (Fsp3) is 0.324. The van der Waals surface area contributed by atoms with Crippen LogP contribution in [0, 0.1) is 5.82 Å². The number of ether oxygens (including phenoxy) is 1. The zero-order chi connectivity index (χ0) is 31.6. The number of aromatic nitrogens is 6. The first kappa shape index (κ1) is 29.5. The van der Waals surface area contributed by atoms with Gasteiger partial charge in [0.1, 0.15) is 11.4 Å². The third-order valence-corrected chi connectivity index (χ3v) is 9.01. The molecule has 2 aliphatic rings. The first-order valence-electron chi connectivity index (χ1n) is 15.6. The number of nitrogens with zero attached hydrogens (tertiary/aromatic N) is 7. The number of piperidine rings is 1. The Morgan fingerprint density at radius 3 is 2.61 bits per heavy atom. The van der Waals surface area contributed by atoms with Crippen molar-refractivity contribution < 1.29 is 18.7 Å². The van der Waals surface area contributed by atoms with E-state index in [0.29, 0.717) is 55.0 Å². The molecule has 1 saturated heterocycles. The Bertz CT molecular complexity index is 1890. The van der Waals surface area contributed by atoms with Crippen molar-refractivity contribution in [3.8, 4) is 16.9 Å². The number of H-pyrrole nitrogens is 1. The van der Waals surface area contributed by atoms with Crippen molar-refractivity contribution >= 4 is 28.3 Å². The number of para-hydroxylation sites is 1. The van der Waals surface area contributed by atoms with Crippen molar-refractivity contribution in [1.29, 1.82) is 0 Å². The van der Waals surface area contributed by atoms with Gasteiger partial charge in [0.25, 0.3) is 5.91 Å². The third-order valence-electron chi connectivity index (χ3n) is 9.01. The quantitative estimate of drug-likeness (QED) is 0.262. The van der Waals surface area contributed by atoms with E-state index in [2.05, 4.69) is 20.4 Å². The van der Waals surface area contributed by atoms with E-state index in [1.165, 1.54) is 0 Å². The van der Waals surface area contributed by atoms with Crippen LogP contribution in [0.2, 0.25) is 0 Å². The normalized spacial score (nSPS) is 15.7. The average molecular weight is 623 g/mol. The number of fused-ring (bicyclic) bond motifs is 1. The molecule has 0 saturated carbocycles. The van der Waals surface area contributed by atoms with Gasteiger partial charge < -0.3 is 19.5 Å². The second-order valence-corrected chi connectivity index (χ2v) is 11.7. The van der Waals surface area contributed by atoms with Crippen molar-refractivity contribution in [2.24, 2.45) is 0 Å². The topological polar surface area (TPSA) is 114 Å². The number of aryl methyl sites for hydroxylation is 1. The number of aromatic amines is 1. The molecular weight excluding hydrogens is 587 g/mol. The van der Waals surface area contributed by atoms with E-state index >= 15 is 4.39 Å². The zero-order valence-corrected chi connectivity index (χ0v) is 25.6. The van der Waals surface area contributed by atoms with Gasteiger partial charge in [-0.25, -0.2) is 4.39 Å². The Hall–Kier alpha value is -5.26. The molecule has 5 heterocycles. The summed E-state index contributed by atoms with van der Waals surface area (Å²) in [6, 6.07) is 13.3. The van der Waals surface area contributed by atoms with Crippen molar-refractivity contribution in [3.63, 3.8) is 0 Å². The van der Waals surface area contributed by atoms with Crippen LogP contribution in [0.4, 0.5) is 4.39 Å². The highest BCUT2D eigenvalue weighted by molar-refractivity contribution is 6.05. The summed E-state index contributed by atoms with van der Waals surface area (Å²) >= 11 is 0. The minimum absolute atomic E-state index is 0.0309. The van der Waals surface area contributed by atoms with Crippen molar-refractivity contribution in [1.82, 2.24) is 39.6 Å². The summed E-state index contributed by atoms with van der Waals surface area (Å²) in [6.07, 6.45) is 11.5. The summed E-state index contributed by atoms with van der Waals surface area (Å²) in [4.78, 5) is 33.6. The Morgan fingerprint density at radius 2 is 1.85 bits per heavy atom. The van der Waals surface area contributed by atoms with Gasteiger partial charge in [0.05, 0.1) is 31.4 Å². The van der Waals surface area contributed by atoms with Gasteiger partial charge in [-0.3, -0.25) is 19.0 Å². The molecule has 2 aliphatic heterocycles. The predicted octanol–water partition coefficient (Wildman–Crippen LogP) is 4.95. The van der Waals surface area contributed by atoms with Crippen LogP contribution >= 0.6 is 0 Å². The number of halogens is 1. The molecule has 2 aromatic carbocycles. The fourth-order valence-corrected chi connectivity index (χ4v) is 6.57. The highest BCUT2D eigenvalue weighted by Gasteiger charge is 2.29. The Balaban J connectivity index is 1.21. The van der Waals surface area contributed by atoms with Crippen LogP contribution in [0.5, 0.6) is 5.75 Å². The molecule has 0 atom stereocenters. The molecule has 0 spiro atoms. The van der Waals surface area contributed by atoms with Gasteiger partial charge in [-0.2, -0.15) is 5.10 Å². The molecule has 5 aromatic rings. The second-order valence-electron chi connectivity index (χ2n) is 11.7. The van der Waals surface area contributed by atoms with Crippen LogP contribution < -0.4 is 4.74 Å². The maximum Gasteiger partial charge on any atom is 0.270 e. The van der Waals surface area contributed by atoms with Gasteiger partial charge in [-0.05, 0) is 54.7 Å². The lowest BCUT2D eigenvalue weighted by Crippen LogP contribution is -2.39. The lowest BCUT2D eigenvalue weighted by molar-refractivity contribution is -0.131. The molecule has 236 valence electrons. The van der Waals surface area contributed by atoms with E-state index in [-0.39, 0.29) is 36.3 Å². The maximum atomic E-state index is 16.6. The highest BCUT2D eigenvalue weighted by atomic mass is 19.1. The number of likely N-dealkylation sites (tertiary alicyclic amines) is 1. The monoisotopic (exact) mass is 622 g/mol. The number of nitrogens with one attached hydrogen (secondary N) is 1. The minimum atomic E-state index is -0.451. The highest BCUT2D eigenvalue weighted by Crippen LogP contribution is 2.40. The van der Waals surface area contributed by atoms with Crippen molar-refractivity contribution in [2.45, 2.75) is 38.3 Å². The molecule has 2 amide bonds. The number of carbonyl (C=O) groups excluding carboxylic acids is 2. The van der Waals surface area contributed by atoms with Gasteiger partial charge >= 0.3 is 0 Å². The smallest absolute Gasteiger partial charge is 0.270 e. The summed E-state index contributed by atoms with van der Waals surface area (Å²) in [5.74, 6) is -0.00776. The second kappa shape index (κ2) is 12.6. The van der Waals surface area contributed by atoms with E-state index in [9.17, 15) is 9.59 Å². The number of hydrogen-bond acceptors (Lipinski definition) is 6. The average Bonchev–Trinajstić information content (AvgIpc) is 3.90. The van der Waals surface area contributed by atoms with Crippen LogP contribution in [0.3, 0.4) is 0 Å². The first-order valence-corrected chi connectivity index (χ1v) is 15.6. The van der Waals surface area contributed by atoms with Gasteiger partial charge in [-0.15, -0.1) is 5.10 Å². The lowest BCUT2D eigenvalue weighted by atomic mass is 9.93. The Labute approximate surface area is 265 Å². The van der Waals surface area contributed by atoms with Gasteiger partial charge in [0, 0.05) is 67.7 Å². The standard InChI is InChI=1S/C34H35FN8O3/c1-46-30-8-3-2-7-25(30)27-20-26(23-6-4-14-41(22-23)31(44)11-18-42-19-13-36-39-42)32(35)33-28(27)21-29(38-33)34(45)40-16-9-24(10-17-40)43-15-5-12-37-43/h2-3,5-8,12-13,15,19-21,24,38H,4,9-11,14,16-18,22H2,1H3. The SMILES string of the molecule is COc1ccccc1-c1cc(C2=CCCN(C(=O)CCn3ccnn3)C2)c(F)c2[nH]c(C(=O)N3CCC(n4cccn4)CC3)cc12. The Morgan fingerprint density at radius 1 is 1.00 bits per heavy atom. The number of carbonyl (C=O) groups is 2. The summed E-state index contributed by atoms with van der Waals surface area (Å²) in [5.41, 5.74) is 3.23. The van der Waals surface area contributed by atoms with Crippen molar-refractivity contribution in [2.75, 3.05) is 33.3 Å². The molecule has 7 rings (SSSR count). The van der Waals surface area contributed by atoms with Gasteiger partial charge in [0.15, 0.2) is 5.82 Å². The van der Waals surface area contributed by atoms with Crippen LogP contribution in [-0.4, -0.2) is 84.7 Å². The fourth-order valence-electron chi connectivity index (χ4n) is 6.57. The molecule has 46 heavy (non-hydrogen) atoms. The lowest BCUT2D eigenvalue weighted by Gasteiger charge is -2.31. The van der Waals surface area contributed by atoms with E-state index in [1.54, 1.807) is 41.3 Å². The number of rotatable bonds is 8. The number of hydrogen-bond donors (Lipinski definition) is 1. The van der Waals surface area contributed by atoms with Crippen LogP contribution in [0.25, 0.3) is 27.6 Å². The molecule has 1 N–H and O–H groups in total. The summed E-state index contributed by atoms with van der Waals surface area (Å²) in [7, 11) is 1.60. The summed E-state index contributed by atoms with van der Waals surface area (Å²) in [6.45, 7) is 2.43. The molecule has 0 radical (unpaired) electrons. The molecule has 0 aliphatic carbocycles. The van der Waals surface area contributed by atoms with E-state index in [1.807, 2.05) is 58.3 Å². The van der Waals surface area contributed by atoms with E-state index in [4.69, 9.17) is 4.74 Å². The molecule has 12 heteroatoms. The number of amides is 2. The van der Waals surface area contributed by atoms with Gasteiger partial charge in [-0.1, -0.05) is 29.5 Å².